The lowest BCUT2D eigenvalue weighted by Gasteiger charge is -2.39. The number of benzene rings is 1. The number of nitrogens with one attached hydrogen (secondary N) is 1. The van der Waals surface area contributed by atoms with Crippen LogP contribution in [0.1, 0.15) is 19.4 Å². The second kappa shape index (κ2) is 5.30. The molecular formula is C18H16F3N3O3. The summed E-state index contributed by atoms with van der Waals surface area (Å²) in [4.78, 5) is 29.8. The highest BCUT2D eigenvalue weighted by Gasteiger charge is 2.70. The summed E-state index contributed by atoms with van der Waals surface area (Å²) in [7, 11) is 0. The van der Waals surface area contributed by atoms with Crippen molar-refractivity contribution in [2.75, 3.05) is 18.0 Å². The molecule has 4 atom stereocenters. The summed E-state index contributed by atoms with van der Waals surface area (Å²) in [6.45, 7) is 11.1. The van der Waals surface area contributed by atoms with Gasteiger partial charge in [0.2, 0.25) is 11.8 Å². The van der Waals surface area contributed by atoms with Gasteiger partial charge in [0.1, 0.15) is 0 Å². The van der Waals surface area contributed by atoms with E-state index in [0.717, 1.165) is 11.0 Å². The fourth-order valence-electron chi connectivity index (χ4n) is 4.65. The van der Waals surface area contributed by atoms with Crippen LogP contribution in [0.4, 0.5) is 24.5 Å². The van der Waals surface area contributed by atoms with Gasteiger partial charge in [-0.15, -0.1) is 0 Å². The van der Waals surface area contributed by atoms with Gasteiger partial charge in [-0.1, -0.05) is 6.07 Å². The maximum absolute atomic E-state index is 13.3. The first kappa shape index (κ1) is 17.9. The monoisotopic (exact) mass is 379 g/mol. The lowest BCUT2D eigenvalue weighted by atomic mass is 9.79. The summed E-state index contributed by atoms with van der Waals surface area (Å²) >= 11 is 0. The van der Waals surface area contributed by atoms with Crippen LogP contribution in [0.5, 0.6) is 0 Å². The fourth-order valence-corrected chi connectivity index (χ4v) is 4.65. The first-order chi connectivity index (χ1) is 12.5. The van der Waals surface area contributed by atoms with Gasteiger partial charge < -0.3 is 10.1 Å². The number of halogens is 3. The van der Waals surface area contributed by atoms with E-state index in [1.807, 2.05) is 0 Å². The first-order valence-corrected chi connectivity index (χ1v) is 8.39. The van der Waals surface area contributed by atoms with Gasteiger partial charge >= 0.3 is 6.18 Å². The van der Waals surface area contributed by atoms with E-state index in [0.29, 0.717) is 19.2 Å². The molecule has 3 fully saturated rings. The average Bonchev–Trinajstić information content (AvgIpc) is 2.94. The Balaban J connectivity index is 1.81. The van der Waals surface area contributed by atoms with Gasteiger partial charge in [-0.2, -0.15) is 13.2 Å². The second-order valence-electron chi connectivity index (χ2n) is 7.61. The van der Waals surface area contributed by atoms with Gasteiger partial charge in [0.25, 0.3) is 0 Å². The van der Waals surface area contributed by atoms with Crippen molar-refractivity contribution in [3.63, 3.8) is 0 Å². The number of morpholine rings is 1. The standard InChI is InChI=1S/C18H16F3N3O3/c1-16-7-23-8-17(2,27-16)13-12(16)14(25)24(15(13)26)9-4-5-11(22-3)10(6-9)18(19,20)21/h4-6,12-13,23H,7-8H2,1-2H3/t12-,13+,16-,17+. The Morgan fingerprint density at radius 3 is 2.22 bits per heavy atom. The molecule has 0 aliphatic carbocycles. The molecule has 1 aromatic rings. The molecule has 0 spiro atoms. The molecule has 0 unspecified atom stereocenters. The molecule has 0 aromatic heterocycles. The number of anilines is 1. The highest BCUT2D eigenvalue weighted by molar-refractivity contribution is 6.23. The third-order valence-electron chi connectivity index (χ3n) is 5.70. The Morgan fingerprint density at radius 2 is 1.74 bits per heavy atom. The minimum Gasteiger partial charge on any atom is -0.365 e. The summed E-state index contributed by atoms with van der Waals surface area (Å²) in [5, 5.41) is 3.17. The average molecular weight is 379 g/mol. The van der Waals surface area contributed by atoms with Gasteiger partial charge in [-0.25, -0.2) is 9.74 Å². The predicted octanol–water partition coefficient (Wildman–Crippen LogP) is 2.51. The van der Waals surface area contributed by atoms with Crippen molar-refractivity contribution >= 4 is 23.2 Å². The molecule has 1 N–H and O–H groups in total. The minimum atomic E-state index is -4.76. The largest absolute Gasteiger partial charge is 0.407 e. The first-order valence-electron chi connectivity index (χ1n) is 8.39. The Labute approximate surface area is 153 Å². The molecule has 3 aliphatic heterocycles. The highest BCUT2D eigenvalue weighted by atomic mass is 19.4. The van der Waals surface area contributed by atoms with Gasteiger partial charge in [-0.05, 0) is 26.0 Å². The summed E-state index contributed by atoms with van der Waals surface area (Å²) in [6, 6.07) is 2.89. The smallest absolute Gasteiger partial charge is 0.365 e. The van der Waals surface area contributed by atoms with E-state index in [4.69, 9.17) is 11.3 Å². The zero-order valence-corrected chi connectivity index (χ0v) is 14.6. The molecule has 3 aliphatic rings. The number of carbonyl (C=O) groups is 2. The van der Waals surface area contributed by atoms with Crippen molar-refractivity contribution in [3.05, 3.63) is 35.2 Å². The molecular weight excluding hydrogens is 363 g/mol. The molecule has 142 valence electrons. The van der Waals surface area contributed by atoms with Crippen molar-refractivity contribution in [2.45, 2.75) is 31.2 Å². The maximum Gasteiger partial charge on any atom is 0.407 e. The number of nitrogens with zero attached hydrogens (tertiary/aromatic N) is 2. The zero-order valence-electron chi connectivity index (χ0n) is 14.6. The lowest BCUT2D eigenvalue weighted by molar-refractivity contribution is -0.145. The van der Waals surface area contributed by atoms with Crippen LogP contribution < -0.4 is 10.2 Å². The number of amides is 2. The van der Waals surface area contributed by atoms with Crippen LogP contribution in [0.15, 0.2) is 18.2 Å². The van der Waals surface area contributed by atoms with E-state index < -0.39 is 52.3 Å². The fraction of sp³-hybridized carbons (Fsp3) is 0.500. The van der Waals surface area contributed by atoms with Gasteiger partial charge in [0.15, 0.2) is 5.69 Å². The van der Waals surface area contributed by atoms with Crippen molar-refractivity contribution in [1.29, 1.82) is 0 Å². The number of fused-ring (bicyclic) bond motifs is 5. The molecule has 9 heteroatoms. The zero-order chi connectivity index (χ0) is 19.8. The molecule has 27 heavy (non-hydrogen) atoms. The van der Waals surface area contributed by atoms with Crippen LogP contribution >= 0.6 is 0 Å². The Morgan fingerprint density at radius 1 is 1.19 bits per heavy atom. The van der Waals surface area contributed by atoms with E-state index >= 15 is 0 Å². The van der Waals surface area contributed by atoms with E-state index in [1.165, 1.54) is 6.07 Å². The number of ether oxygens (including phenoxy) is 1. The molecule has 1 aromatic carbocycles. The minimum absolute atomic E-state index is 0.169. The van der Waals surface area contributed by atoms with E-state index in [-0.39, 0.29) is 5.69 Å². The van der Waals surface area contributed by atoms with Crippen LogP contribution in [0.3, 0.4) is 0 Å². The lowest BCUT2D eigenvalue weighted by Crippen LogP contribution is -2.56. The molecule has 0 radical (unpaired) electrons. The van der Waals surface area contributed by atoms with Crippen LogP contribution in [-0.2, 0) is 20.5 Å². The number of imide groups is 1. The summed E-state index contributed by atoms with van der Waals surface area (Å²) < 4.78 is 45.9. The highest BCUT2D eigenvalue weighted by Crippen LogP contribution is 2.54. The van der Waals surface area contributed by atoms with Crippen LogP contribution in [0.25, 0.3) is 4.85 Å². The van der Waals surface area contributed by atoms with Crippen molar-refractivity contribution in [3.8, 4) is 0 Å². The molecule has 0 saturated carbocycles. The van der Waals surface area contributed by atoms with E-state index in [1.54, 1.807) is 13.8 Å². The number of rotatable bonds is 1. The summed E-state index contributed by atoms with van der Waals surface area (Å²) in [6.07, 6.45) is -4.76. The number of hydrogen-bond acceptors (Lipinski definition) is 4. The quantitative estimate of drug-likeness (QED) is 0.602. The molecule has 6 nitrogen and oxygen atoms in total. The van der Waals surface area contributed by atoms with E-state index in [9.17, 15) is 22.8 Å². The Hall–Kier alpha value is -2.44. The topological polar surface area (TPSA) is 63.0 Å². The van der Waals surface area contributed by atoms with Gasteiger partial charge in [0, 0.05) is 18.8 Å². The molecule has 3 heterocycles. The third kappa shape index (κ3) is 2.33. The number of alkyl halides is 3. The Kier molecular flexibility index (Phi) is 3.52. The molecule has 2 amide bonds. The second-order valence-corrected chi connectivity index (χ2v) is 7.61. The number of carbonyl (C=O) groups excluding carboxylic acids is 2. The van der Waals surface area contributed by atoms with Gasteiger partial charge in [-0.3, -0.25) is 9.59 Å². The SMILES string of the molecule is [C-]#[N+]c1ccc(N2C(=O)[C@@H]3[C@H](C2=O)[C@@]2(C)CNC[C@]3(C)O2)cc1C(F)(F)F. The molecule has 2 bridgehead atoms. The normalized spacial score (nSPS) is 35.3. The predicted molar refractivity (Wildman–Crippen MR) is 87.9 cm³/mol. The van der Waals surface area contributed by atoms with E-state index in [2.05, 4.69) is 10.2 Å². The van der Waals surface area contributed by atoms with Crippen LogP contribution in [-0.4, -0.2) is 36.1 Å². The Bertz CT molecular complexity index is 875. The van der Waals surface area contributed by atoms with Crippen molar-refractivity contribution in [2.24, 2.45) is 11.8 Å². The summed E-state index contributed by atoms with van der Waals surface area (Å²) in [5.74, 6) is -2.66. The molecule has 4 rings (SSSR count). The molecule has 3 saturated heterocycles. The summed E-state index contributed by atoms with van der Waals surface area (Å²) in [5.41, 5.74) is -3.71. The van der Waals surface area contributed by atoms with Crippen LogP contribution in [0, 0.1) is 18.4 Å². The van der Waals surface area contributed by atoms with Gasteiger partial charge in [0.05, 0.1) is 35.2 Å². The van der Waals surface area contributed by atoms with Crippen LogP contribution in [0.2, 0.25) is 0 Å². The van der Waals surface area contributed by atoms with Crippen molar-refractivity contribution < 1.29 is 27.5 Å². The third-order valence-corrected chi connectivity index (χ3v) is 5.70. The maximum atomic E-state index is 13.3. The number of hydrogen-bond donors (Lipinski definition) is 1. The van der Waals surface area contributed by atoms with Crippen molar-refractivity contribution in [1.82, 2.24) is 5.32 Å².